The lowest BCUT2D eigenvalue weighted by Gasteiger charge is -2.39. The van der Waals surface area contributed by atoms with Crippen molar-refractivity contribution in [3.05, 3.63) is 72.3 Å². The highest BCUT2D eigenvalue weighted by atomic mass is 16.5. The minimum atomic E-state index is -0.722. The first-order valence-corrected chi connectivity index (χ1v) is 15.5. The summed E-state index contributed by atoms with van der Waals surface area (Å²) in [5.41, 5.74) is 0.306. The molecule has 0 aliphatic heterocycles. The van der Waals surface area contributed by atoms with Crippen LogP contribution in [0.15, 0.2) is 71.7 Å². The summed E-state index contributed by atoms with van der Waals surface area (Å²) in [6.45, 7) is 13.8. The van der Waals surface area contributed by atoms with Crippen molar-refractivity contribution in [2.75, 3.05) is 13.7 Å². The zero-order valence-corrected chi connectivity index (χ0v) is 27.3. The second-order valence-electron chi connectivity index (χ2n) is 13.7. The van der Waals surface area contributed by atoms with Crippen LogP contribution in [0.1, 0.15) is 66.9 Å². The van der Waals surface area contributed by atoms with Gasteiger partial charge in [-0.05, 0) is 79.1 Å². The summed E-state index contributed by atoms with van der Waals surface area (Å²) in [7, 11) is 1.69. The highest BCUT2D eigenvalue weighted by molar-refractivity contribution is 6.12. The molecule has 0 aliphatic rings. The van der Waals surface area contributed by atoms with Crippen LogP contribution in [-0.4, -0.2) is 47.8 Å². The van der Waals surface area contributed by atoms with Crippen LogP contribution < -0.4 is 4.74 Å². The molecule has 2 N–H and O–H groups in total. The smallest absolute Gasteiger partial charge is 0.316 e. The lowest BCUT2D eigenvalue weighted by atomic mass is 9.79. The van der Waals surface area contributed by atoms with Crippen LogP contribution in [0.3, 0.4) is 0 Å². The largest absolute Gasteiger partial charge is 0.507 e. The highest BCUT2D eigenvalue weighted by Gasteiger charge is 2.40. The van der Waals surface area contributed by atoms with Gasteiger partial charge in [0.2, 0.25) is 0 Å². The Kier molecular flexibility index (Phi) is 10.2. The van der Waals surface area contributed by atoms with Gasteiger partial charge in [-0.1, -0.05) is 82.3 Å². The molecule has 0 bridgehead atoms. The number of ether oxygens (including phenoxy) is 2. The van der Waals surface area contributed by atoms with Crippen molar-refractivity contribution >= 4 is 33.7 Å². The van der Waals surface area contributed by atoms with Crippen LogP contribution >= 0.6 is 0 Å². The van der Waals surface area contributed by atoms with Crippen LogP contribution in [0.2, 0.25) is 0 Å². The third-order valence-corrected chi connectivity index (χ3v) is 8.10. The summed E-state index contributed by atoms with van der Waals surface area (Å²) in [6.07, 6.45) is 3.11. The molecule has 0 radical (unpaired) electrons. The van der Waals surface area contributed by atoms with Gasteiger partial charge in [-0.3, -0.25) is 9.79 Å². The van der Waals surface area contributed by atoms with Crippen molar-refractivity contribution in [1.82, 2.24) is 0 Å². The number of rotatable bonds is 11. The fourth-order valence-corrected chi connectivity index (χ4v) is 6.12. The Balaban J connectivity index is 1.97. The third-order valence-electron chi connectivity index (χ3n) is 8.10. The van der Waals surface area contributed by atoms with Crippen LogP contribution in [-0.2, 0) is 9.53 Å². The molecule has 0 saturated heterocycles. The molecule has 0 spiro atoms. The van der Waals surface area contributed by atoms with Gasteiger partial charge in [0.15, 0.2) is 0 Å². The standard InChI is InChI=1S/C38H47NO5/c1-24(2)20-38(43-8,21-25(3)4)32(23-40)39-22-28-19-27-14-10-12-16-30(27)34(35(28)41)33-29-15-11-9-13-26(29)17-18-31(33)44-36(42)37(5,6)7/h9-19,22,24-25,32,40-41H,20-21,23H2,1-8H3/t32-/m0/s1. The Morgan fingerprint density at radius 2 is 1.43 bits per heavy atom. The molecule has 4 rings (SSSR count). The Morgan fingerprint density at radius 3 is 1.98 bits per heavy atom. The molecule has 6 nitrogen and oxygen atoms in total. The van der Waals surface area contributed by atoms with Gasteiger partial charge in [0, 0.05) is 30.0 Å². The highest BCUT2D eigenvalue weighted by Crippen LogP contribution is 2.47. The average molecular weight is 598 g/mol. The van der Waals surface area contributed by atoms with Gasteiger partial charge in [0.25, 0.3) is 0 Å². The summed E-state index contributed by atoms with van der Waals surface area (Å²) in [4.78, 5) is 18.0. The first-order valence-electron chi connectivity index (χ1n) is 15.5. The van der Waals surface area contributed by atoms with Crippen LogP contribution in [0.4, 0.5) is 0 Å². The molecule has 44 heavy (non-hydrogen) atoms. The number of carbonyl (C=O) groups is 1. The Morgan fingerprint density at radius 1 is 0.864 bits per heavy atom. The first-order chi connectivity index (χ1) is 20.8. The molecule has 1 atom stereocenters. The van der Waals surface area contributed by atoms with E-state index < -0.39 is 17.1 Å². The minimum absolute atomic E-state index is 0.0179. The monoisotopic (exact) mass is 597 g/mol. The van der Waals surface area contributed by atoms with Crippen molar-refractivity contribution in [1.29, 1.82) is 0 Å². The SMILES string of the molecule is COC(CC(C)C)(CC(C)C)[C@H](CO)N=Cc1cc2ccccc2c(-c2c(OC(=O)C(C)(C)C)ccc3ccccc23)c1O. The van der Waals surface area contributed by atoms with Gasteiger partial charge in [-0.15, -0.1) is 0 Å². The maximum atomic E-state index is 13.1. The van der Waals surface area contributed by atoms with Gasteiger partial charge in [-0.25, -0.2) is 0 Å². The van der Waals surface area contributed by atoms with E-state index in [9.17, 15) is 15.0 Å². The number of hydrogen-bond donors (Lipinski definition) is 2. The molecule has 234 valence electrons. The number of fused-ring (bicyclic) bond motifs is 2. The van der Waals surface area contributed by atoms with Gasteiger partial charge in [0.05, 0.1) is 17.6 Å². The van der Waals surface area contributed by atoms with Crippen LogP contribution in [0.25, 0.3) is 32.7 Å². The number of methoxy groups -OCH3 is 1. The van der Waals surface area contributed by atoms with E-state index in [1.807, 2.05) is 81.4 Å². The fraction of sp³-hybridized carbons (Fsp3) is 0.421. The van der Waals surface area contributed by atoms with Crippen molar-refractivity contribution in [2.24, 2.45) is 22.2 Å². The fourth-order valence-electron chi connectivity index (χ4n) is 6.12. The van der Waals surface area contributed by atoms with E-state index in [4.69, 9.17) is 14.5 Å². The van der Waals surface area contributed by atoms with Crippen molar-refractivity contribution < 1.29 is 24.5 Å². The summed E-state index contributed by atoms with van der Waals surface area (Å²) in [6, 6.07) is 20.8. The van der Waals surface area contributed by atoms with Crippen molar-refractivity contribution in [2.45, 2.75) is 73.0 Å². The lowest BCUT2D eigenvalue weighted by Crippen LogP contribution is -2.47. The second-order valence-corrected chi connectivity index (χ2v) is 13.7. The number of esters is 1. The van der Waals surface area contributed by atoms with E-state index in [-0.39, 0.29) is 18.3 Å². The molecule has 0 aromatic heterocycles. The Bertz CT molecular complexity index is 1640. The van der Waals surface area contributed by atoms with Gasteiger partial charge in [-0.2, -0.15) is 0 Å². The zero-order valence-electron chi connectivity index (χ0n) is 27.3. The van der Waals surface area contributed by atoms with Crippen molar-refractivity contribution in [3.63, 3.8) is 0 Å². The van der Waals surface area contributed by atoms with Crippen LogP contribution in [0, 0.1) is 17.3 Å². The predicted octanol–water partition coefficient (Wildman–Crippen LogP) is 8.57. The van der Waals surface area contributed by atoms with E-state index >= 15 is 0 Å². The molecule has 4 aromatic rings. The maximum Gasteiger partial charge on any atom is 0.316 e. The van der Waals surface area contributed by atoms with Gasteiger partial charge in [0.1, 0.15) is 17.5 Å². The Hall–Kier alpha value is -3.74. The number of phenolic OH excluding ortho intramolecular Hbond substituents is 1. The van der Waals surface area contributed by atoms with Gasteiger partial charge >= 0.3 is 5.97 Å². The number of aliphatic imine (C=N–C) groups is 1. The number of aromatic hydroxyl groups is 1. The molecular weight excluding hydrogens is 550 g/mol. The maximum absolute atomic E-state index is 13.1. The number of carbonyl (C=O) groups excluding carboxylic acids is 1. The first kappa shape index (κ1) is 33.2. The summed E-state index contributed by atoms with van der Waals surface area (Å²) >= 11 is 0. The molecule has 0 heterocycles. The van der Waals surface area contributed by atoms with E-state index in [0.29, 0.717) is 34.3 Å². The number of nitrogens with zero attached hydrogens (tertiary/aromatic N) is 1. The number of aliphatic hydroxyl groups is 1. The number of aliphatic hydroxyl groups excluding tert-OH is 1. The summed E-state index contributed by atoms with van der Waals surface area (Å²) < 4.78 is 12.2. The molecule has 0 saturated carbocycles. The molecule has 0 unspecified atom stereocenters. The van der Waals surface area contributed by atoms with Crippen molar-refractivity contribution in [3.8, 4) is 22.6 Å². The topological polar surface area (TPSA) is 88.4 Å². The number of phenols is 1. The molecule has 0 amide bonds. The quantitative estimate of drug-likeness (QED) is 0.103. The lowest BCUT2D eigenvalue weighted by molar-refractivity contribution is -0.142. The van der Waals surface area contributed by atoms with E-state index in [0.717, 1.165) is 34.4 Å². The van der Waals surface area contributed by atoms with E-state index in [1.165, 1.54) is 0 Å². The van der Waals surface area contributed by atoms with Gasteiger partial charge < -0.3 is 19.7 Å². The number of hydrogen-bond acceptors (Lipinski definition) is 6. The molecule has 4 aromatic carbocycles. The molecular formula is C38H47NO5. The average Bonchev–Trinajstić information content (AvgIpc) is 2.96. The summed E-state index contributed by atoms with van der Waals surface area (Å²) in [5.74, 6) is 0.689. The minimum Gasteiger partial charge on any atom is -0.507 e. The molecule has 0 fully saturated rings. The zero-order chi connectivity index (χ0) is 32.2. The predicted molar refractivity (Wildman–Crippen MR) is 181 cm³/mol. The summed E-state index contributed by atoms with van der Waals surface area (Å²) in [5, 5.41) is 26.1. The van der Waals surface area contributed by atoms with Crippen LogP contribution in [0.5, 0.6) is 11.5 Å². The molecule has 0 aliphatic carbocycles. The third kappa shape index (κ3) is 6.98. The number of benzene rings is 4. The second kappa shape index (κ2) is 13.5. The normalized spacial score (nSPS) is 13.4. The molecule has 6 heteroatoms. The van der Waals surface area contributed by atoms with E-state index in [2.05, 4.69) is 27.7 Å². The van der Waals surface area contributed by atoms with E-state index in [1.54, 1.807) is 19.4 Å². The Labute approximate surface area is 261 Å².